The lowest BCUT2D eigenvalue weighted by Gasteiger charge is -2.13. The minimum absolute atomic E-state index is 0.0526. The number of hydrogen-bond acceptors (Lipinski definition) is 2. The molecule has 0 spiro atoms. The zero-order valence-electron chi connectivity index (χ0n) is 13.6. The minimum atomic E-state index is -1.09. The van der Waals surface area contributed by atoms with E-state index in [4.69, 9.17) is 0 Å². The second kappa shape index (κ2) is 6.45. The van der Waals surface area contributed by atoms with Crippen molar-refractivity contribution in [1.29, 1.82) is 0 Å². The van der Waals surface area contributed by atoms with E-state index in [1.807, 2.05) is 26.0 Å². The van der Waals surface area contributed by atoms with E-state index in [-0.39, 0.29) is 18.0 Å². The third-order valence-corrected chi connectivity index (χ3v) is 4.29. The molecule has 1 amide bonds. The van der Waals surface area contributed by atoms with E-state index in [0.29, 0.717) is 5.56 Å². The van der Waals surface area contributed by atoms with Crippen LogP contribution in [0.5, 0.6) is 0 Å². The van der Waals surface area contributed by atoms with Crippen LogP contribution in [0.2, 0.25) is 0 Å². The predicted molar refractivity (Wildman–Crippen MR) is 91.5 cm³/mol. The van der Waals surface area contributed by atoms with Gasteiger partial charge in [0.15, 0.2) is 0 Å². The molecule has 1 heterocycles. The van der Waals surface area contributed by atoms with Crippen molar-refractivity contribution in [3.63, 3.8) is 0 Å². The van der Waals surface area contributed by atoms with Crippen LogP contribution in [0.3, 0.4) is 0 Å². The van der Waals surface area contributed by atoms with Gasteiger partial charge in [0, 0.05) is 34.3 Å². The molecular weight excluding hydrogens is 307 g/mol. The molecule has 0 radical (unpaired) electrons. The van der Waals surface area contributed by atoms with Gasteiger partial charge in [-0.15, -0.1) is 0 Å². The average Bonchev–Trinajstić information content (AvgIpc) is 2.87. The van der Waals surface area contributed by atoms with Crippen LogP contribution in [-0.2, 0) is 0 Å². The van der Waals surface area contributed by atoms with Gasteiger partial charge >= 0.3 is 0 Å². The van der Waals surface area contributed by atoms with E-state index in [9.17, 15) is 14.3 Å². The Labute approximate surface area is 139 Å². The second-order valence-corrected chi connectivity index (χ2v) is 5.88. The van der Waals surface area contributed by atoms with E-state index in [1.54, 1.807) is 18.2 Å². The first-order valence-corrected chi connectivity index (χ1v) is 7.77. The van der Waals surface area contributed by atoms with E-state index in [0.717, 1.165) is 22.2 Å². The second-order valence-electron chi connectivity index (χ2n) is 5.88. The molecule has 3 aromatic rings. The minimum Gasteiger partial charge on any atom is -0.386 e. The molecule has 0 aliphatic rings. The number of H-pyrrole nitrogens is 1. The monoisotopic (exact) mass is 326 g/mol. The molecule has 24 heavy (non-hydrogen) atoms. The van der Waals surface area contributed by atoms with Crippen molar-refractivity contribution in [2.75, 3.05) is 6.54 Å². The lowest BCUT2D eigenvalue weighted by Crippen LogP contribution is -2.28. The van der Waals surface area contributed by atoms with Crippen molar-refractivity contribution in [3.05, 3.63) is 70.7 Å². The molecule has 1 atom stereocenters. The number of aryl methyl sites for hydroxylation is 2. The first kappa shape index (κ1) is 16.2. The Morgan fingerprint density at radius 3 is 2.75 bits per heavy atom. The summed E-state index contributed by atoms with van der Waals surface area (Å²) in [6.07, 6.45) is -1.09. The van der Waals surface area contributed by atoms with Gasteiger partial charge in [-0.2, -0.15) is 0 Å². The molecule has 4 nitrogen and oxygen atoms in total. The lowest BCUT2D eigenvalue weighted by molar-refractivity contribution is 0.0914. The van der Waals surface area contributed by atoms with E-state index in [2.05, 4.69) is 10.3 Å². The summed E-state index contributed by atoms with van der Waals surface area (Å²) in [4.78, 5) is 15.6. The van der Waals surface area contributed by atoms with Crippen molar-refractivity contribution in [2.24, 2.45) is 0 Å². The zero-order valence-corrected chi connectivity index (χ0v) is 13.6. The summed E-state index contributed by atoms with van der Waals surface area (Å²) in [5, 5.41) is 13.7. The Hall–Kier alpha value is -2.66. The Balaban J connectivity index is 1.73. The number of carbonyl (C=O) groups is 1. The lowest BCUT2D eigenvalue weighted by atomic mass is 10.1. The highest BCUT2D eigenvalue weighted by molar-refractivity contribution is 5.99. The molecule has 0 saturated carbocycles. The van der Waals surface area contributed by atoms with Gasteiger partial charge in [-0.1, -0.05) is 18.2 Å². The Morgan fingerprint density at radius 2 is 2.00 bits per heavy atom. The van der Waals surface area contributed by atoms with Crippen LogP contribution in [0.25, 0.3) is 10.9 Å². The SMILES string of the molecule is Cc1[nH]c2ccc(C(=O)NCC(O)c3ccccc3F)cc2c1C. The highest BCUT2D eigenvalue weighted by Gasteiger charge is 2.15. The molecule has 0 fully saturated rings. The van der Waals surface area contributed by atoms with E-state index in [1.165, 1.54) is 12.1 Å². The quantitative estimate of drug-likeness (QED) is 0.688. The number of rotatable bonds is 4. The summed E-state index contributed by atoms with van der Waals surface area (Å²) >= 11 is 0. The van der Waals surface area contributed by atoms with Gasteiger partial charge in [-0.25, -0.2) is 4.39 Å². The normalized spacial score (nSPS) is 12.3. The Morgan fingerprint density at radius 1 is 1.25 bits per heavy atom. The fourth-order valence-electron chi connectivity index (χ4n) is 2.75. The van der Waals surface area contributed by atoms with Gasteiger partial charge < -0.3 is 15.4 Å². The molecule has 124 valence electrons. The maximum atomic E-state index is 13.6. The number of aliphatic hydroxyl groups excluding tert-OH is 1. The third kappa shape index (κ3) is 3.03. The number of amides is 1. The average molecular weight is 326 g/mol. The maximum Gasteiger partial charge on any atom is 0.251 e. The molecule has 1 unspecified atom stereocenters. The van der Waals surface area contributed by atoms with Gasteiger partial charge in [0.1, 0.15) is 5.82 Å². The summed E-state index contributed by atoms with van der Waals surface area (Å²) in [6, 6.07) is 11.4. The van der Waals surface area contributed by atoms with Crippen LogP contribution < -0.4 is 5.32 Å². The van der Waals surface area contributed by atoms with Crippen LogP contribution in [0.15, 0.2) is 42.5 Å². The van der Waals surface area contributed by atoms with Crippen LogP contribution in [0.1, 0.15) is 33.3 Å². The zero-order chi connectivity index (χ0) is 17.3. The molecular formula is C19H19FN2O2. The van der Waals surface area contributed by atoms with Crippen molar-refractivity contribution in [2.45, 2.75) is 20.0 Å². The summed E-state index contributed by atoms with van der Waals surface area (Å²) in [5.74, 6) is -0.787. The molecule has 5 heteroatoms. The number of carbonyl (C=O) groups excluding carboxylic acids is 1. The first-order valence-electron chi connectivity index (χ1n) is 7.77. The van der Waals surface area contributed by atoms with Gasteiger partial charge in [0.05, 0.1) is 6.10 Å². The van der Waals surface area contributed by atoms with Gasteiger partial charge in [-0.3, -0.25) is 4.79 Å². The third-order valence-electron chi connectivity index (χ3n) is 4.29. The van der Waals surface area contributed by atoms with Crippen LogP contribution in [0.4, 0.5) is 4.39 Å². The molecule has 0 saturated heterocycles. The molecule has 0 aliphatic carbocycles. The Kier molecular flexibility index (Phi) is 4.36. The predicted octanol–water partition coefficient (Wildman–Crippen LogP) is 3.39. The van der Waals surface area contributed by atoms with Crippen molar-refractivity contribution in [3.8, 4) is 0 Å². The van der Waals surface area contributed by atoms with E-state index >= 15 is 0 Å². The number of benzene rings is 2. The molecule has 0 bridgehead atoms. The van der Waals surface area contributed by atoms with E-state index < -0.39 is 11.9 Å². The van der Waals surface area contributed by atoms with Gasteiger partial charge in [0.2, 0.25) is 0 Å². The molecule has 1 aromatic heterocycles. The highest BCUT2D eigenvalue weighted by Crippen LogP contribution is 2.22. The first-order chi connectivity index (χ1) is 11.5. The van der Waals surface area contributed by atoms with Crippen LogP contribution in [0, 0.1) is 19.7 Å². The number of halogens is 1. The smallest absolute Gasteiger partial charge is 0.251 e. The largest absolute Gasteiger partial charge is 0.386 e. The number of aromatic nitrogens is 1. The molecule has 3 rings (SSSR count). The van der Waals surface area contributed by atoms with Crippen LogP contribution >= 0.6 is 0 Å². The van der Waals surface area contributed by atoms with Crippen LogP contribution in [-0.4, -0.2) is 22.5 Å². The van der Waals surface area contributed by atoms with Gasteiger partial charge in [0.25, 0.3) is 5.91 Å². The summed E-state index contributed by atoms with van der Waals surface area (Å²) in [6.45, 7) is 3.93. The number of hydrogen-bond donors (Lipinski definition) is 3. The number of fused-ring (bicyclic) bond motifs is 1. The number of aromatic amines is 1. The summed E-state index contributed by atoms with van der Waals surface area (Å²) in [7, 11) is 0. The Bertz CT molecular complexity index is 902. The maximum absolute atomic E-state index is 13.6. The van der Waals surface area contributed by atoms with Gasteiger partial charge in [-0.05, 0) is 43.7 Å². The molecule has 2 aromatic carbocycles. The van der Waals surface area contributed by atoms with Crippen molar-refractivity contribution in [1.82, 2.24) is 10.3 Å². The van der Waals surface area contributed by atoms with Crippen molar-refractivity contribution >= 4 is 16.8 Å². The standard InChI is InChI=1S/C19H19FN2O2/c1-11-12(2)22-17-8-7-13(9-15(11)17)19(24)21-10-18(23)14-5-3-4-6-16(14)20/h3-9,18,22-23H,10H2,1-2H3,(H,21,24). The topological polar surface area (TPSA) is 65.1 Å². The number of aliphatic hydroxyl groups is 1. The summed E-state index contributed by atoms with van der Waals surface area (Å²) < 4.78 is 13.6. The summed E-state index contributed by atoms with van der Waals surface area (Å²) in [5.41, 5.74) is 3.83. The fraction of sp³-hybridized carbons (Fsp3) is 0.211. The number of nitrogens with one attached hydrogen (secondary N) is 2. The molecule has 3 N–H and O–H groups in total. The highest BCUT2D eigenvalue weighted by atomic mass is 19.1. The van der Waals surface area contributed by atoms with Crippen molar-refractivity contribution < 1.29 is 14.3 Å². The fourth-order valence-corrected chi connectivity index (χ4v) is 2.75. The molecule has 0 aliphatic heterocycles.